The topological polar surface area (TPSA) is 115 Å². The van der Waals surface area contributed by atoms with E-state index in [1.54, 1.807) is 0 Å². The van der Waals surface area contributed by atoms with Crippen LogP contribution in [0.15, 0.2) is 97.1 Å². The van der Waals surface area contributed by atoms with Crippen LogP contribution >= 0.6 is 0 Å². The monoisotopic (exact) mass is 582 g/mol. The maximum atomic E-state index is 13.7. The lowest BCUT2D eigenvalue weighted by Gasteiger charge is -2.17. The summed E-state index contributed by atoms with van der Waals surface area (Å²) in [5.41, 5.74) is 2.95. The first-order valence-electron chi connectivity index (χ1n) is 13.0. The van der Waals surface area contributed by atoms with Gasteiger partial charge in [-0.1, -0.05) is 60.7 Å². The van der Waals surface area contributed by atoms with E-state index >= 15 is 0 Å². The minimum absolute atomic E-state index is 0.0328. The number of hydrogen-bond donors (Lipinski definition) is 1. The quantitative estimate of drug-likeness (QED) is 0.251. The molecule has 2 amide bonds. The molecule has 8 nitrogen and oxygen atoms in total. The van der Waals surface area contributed by atoms with Crippen molar-refractivity contribution in [2.45, 2.75) is 26.3 Å². The van der Waals surface area contributed by atoms with Crippen molar-refractivity contribution in [1.82, 2.24) is 10.2 Å². The van der Waals surface area contributed by atoms with Gasteiger partial charge < -0.3 is 19.7 Å². The molecule has 0 saturated carbocycles. The van der Waals surface area contributed by atoms with Gasteiger partial charge in [-0.05, 0) is 47.5 Å². The number of carbonyl (C=O) groups excluding carboxylic acids is 2. The average Bonchev–Trinajstić information content (AvgIpc) is 3.04. The van der Waals surface area contributed by atoms with Crippen molar-refractivity contribution >= 4 is 12.2 Å². The molecule has 0 radical (unpaired) electrons. The van der Waals surface area contributed by atoms with E-state index in [1.165, 1.54) is 48.3 Å². The van der Waals surface area contributed by atoms with E-state index < -0.39 is 23.8 Å². The number of alkyl carbamates (subject to hydrolysis) is 1. The molecule has 10 heteroatoms. The molecule has 218 valence electrons. The highest BCUT2D eigenvalue weighted by atomic mass is 19.1. The molecule has 0 heterocycles. The highest BCUT2D eigenvalue weighted by Crippen LogP contribution is 2.13. The summed E-state index contributed by atoms with van der Waals surface area (Å²) in [6.45, 7) is 0.308. The molecule has 1 N–H and O–H groups in total. The van der Waals surface area contributed by atoms with E-state index in [1.807, 2.05) is 72.8 Å². The molecule has 0 aromatic heterocycles. The number of benzene rings is 4. The average molecular weight is 583 g/mol. The fourth-order valence-corrected chi connectivity index (χ4v) is 3.64. The molecule has 0 bridgehead atoms. The van der Waals surface area contributed by atoms with Crippen LogP contribution < -0.4 is 5.32 Å². The molecule has 0 spiro atoms. The predicted molar refractivity (Wildman–Crippen MR) is 154 cm³/mol. The van der Waals surface area contributed by atoms with Gasteiger partial charge in [0.05, 0.1) is 29.8 Å². The van der Waals surface area contributed by atoms with Crippen molar-refractivity contribution in [3.05, 3.63) is 142 Å². The summed E-state index contributed by atoms with van der Waals surface area (Å²) in [6, 6.07) is 30.4. The normalized spacial score (nSPS) is 9.79. The molecule has 0 aliphatic carbocycles. The fourth-order valence-electron chi connectivity index (χ4n) is 3.64. The van der Waals surface area contributed by atoms with E-state index in [0.29, 0.717) is 11.1 Å². The Morgan fingerprint density at radius 2 is 1.23 bits per heavy atom. The van der Waals surface area contributed by atoms with Crippen LogP contribution in [-0.2, 0) is 35.8 Å². The first-order valence-corrected chi connectivity index (χ1v) is 13.0. The van der Waals surface area contributed by atoms with E-state index in [2.05, 4.69) is 5.32 Å². The minimum atomic E-state index is -0.638. The first kappa shape index (κ1) is 31.8. The van der Waals surface area contributed by atoms with Crippen LogP contribution in [-0.4, -0.2) is 24.1 Å². The Morgan fingerprint density at radius 1 is 0.744 bits per heavy atom. The number of amides is 2. The summed E-state index contributed by atoms with van der Waals surface area (Å²) < 4.78 is 37.4. The molecular formula is C33H28F2N4O4. The highest BCUT2D eigenvalue weighted by molar-refractivity contribution is 5.67. The van der Waals surface area contributed by atoms with Crippen LogP contribution in [0, 0.1) is 34.3 Å². The molecule has 4 rings (SSSR count). The molecule has 0 atom stereocenters. The van der Waals surface area contributed by atoms with Gasteiger partial charge in [-0.2, -0.15) is 10.5 Å². The van der Waals surface area contributed by atoms with E-state index in [0.717, 1.165) is 11.1 Å². The highest BCUT2D eigenvalue weighted by Gasteiger charge is 2.14. The van der Waals surface area contributed by atoms with Crippen LogP contribution in [0.5, 0.6) is 0 Å². The van der Waals surface area contributed by atoms with Crippen molar-refractivity contribution in [3.8, 4) is 12.1 Å². The largest absolute Gasteiger partial charge is 0.445 e. The molecule has 43 heavy (non-hydrogen) atoms. The van der Waals surface area contributed by atoms with Gasteiger partial charge in [0.15, 0.2) is 0 Å². The predicted octanol–water partition coefficient (Wildman–Crippen LogP) is 6.59. The zero-order chi connectivity index (χ0) is 31.0. The number of nitrogens with one attached hydrogen (secondary N) is 1. The number of rotatable bonds is 8. The number of carbonyl (C=O) groups is 2. The molecule has 0 unspecified atom stereocenters. The number of nitriles is 2. The number of nitrogens with zero attached hydrogens (tertiary/aromatic N) is 3. The molecule has 4 aromatic carbocycles. The molecule has 0 saturated heterocycles. The second kappa shape index (κ2) is 16.5. The summed E-state index contributed by atoms with van der Waals surface area (Å²) in [5.74, 6) is -0.931. The Hall–Kier alpha value is -5.74. The van der Waals surface area contributed by atoms with Crippen molar-refractivity contribution in [2.24, 2.45) is 0 Å². The second-order valence-electron chi connectivity index (χ2n) is 9.15. The van der Waals surface area contributed by atoms with Crippen molar-refractivity contribution in [2.75, 3.05) is 7.05 Å². The van der Waals surface area contributed by atoms with Gasteiger partial charge in [0, 0.05) is 24.7 Å². The van der Waals surface area contributed by atoms with E-state index in [4.69, 9.17) is 20.0 Å². The molecule has 0 fully saturated rings. The Kier molecular flexibility index (Phi) is 12.2. The first-order chi connectivity index (χ1) is 20.8. The third kappa shape index (κ3) is 10.6. The third-order valence-corrected chi connectivity index (χ3v) is 5.91. The van der Waals surface area contributed by atoms with Crippen LogP contribution in [0.3, 0.4) is 0 Å². The Bertz CT molecular complexity index is 1600. The molecule has 0 aliphatic heterocycles. The standard InChI is InChI=1S/C17H15FN2O2.C16H13FN2O2/c1-20(11-15-9-14(10-19)7-8-16(15)18)17(21)22-12-13-5-3-2-4-6-13;17-15-7-6-13(9-18)8-14(15)10-19-16(20)21-11-12-4-2-1-3-5-12/h2-9H,11-12H2,1H3;1-8H,10-11H2,(H,19,20). The van der Waals surface area contributed by atoms with Gasteiger partial charge in [0.1, 0.15) is 24.8 Å². The smallest absolute Gasteiger partial charge is 0.410 e. The van der Waals surface area contributed by atoms with Gasteiger partial charge in [0.25, 0.3) is 0 Å². The zero-order valence-corrected chi connectivity index (χ0v) is 23.3. The zero-order valence-electron chi connectivity index (χ0n) is 23.3. The summed E-state index contributed by atoms with van der Waals surface area (Å²) in [7, 11) is 1.52. The fraction of sp³-hybridized carbons (Fsp3) is 0.152. The minimum Gasteiger partial charge on any atom is -0.445 e. The van der Waals surface area contributed by atoms with Gasteiger partial charge >= 0.3 is 12.2 Å². The Balaban J connectivity index is 0.000000236. The summed E-state index contributed by atoms with van der Waals surface area (Å²) in [5, 5.41) is 20.0. The lowest BCUT2D eigenvalue weighted by molar-refractivity contribution is 0.102. The van der Waals surface area contributed by atoms with Gasteiger partial charge in [-0.25, -0.2) is 18.4 Å². The second-order valence-corrected chi connectivity index (χ2v) is 9.15. The van der Waals surface area contributed by atoms with Crippen molar-refractivity contribution in [1.29, 1.82) is 10.5 Å². The van der Waals surface area contributed by atoms with Crippen LogP contribution in [0.1, 0.15) is 33.4 Å². The Morgan fingerprint density at radius 3 is 1.77 bits per heavy atom. The summed E-state index contributed by atoms with van der Waals surface area (Å²) >= 11 is 0. The number of hydrogen-bond acceptors (Lipinski definition) is 6. The maximum absolute atomic E-state index is 13.7. The van der Waals surface area contributed by atoms with Crippen molar-refractivity contribution in [3.63, 3.8) is 0 Å². The van der Waals surface area contributed by atoms with E-state index in [-0.39, 0.29) is 37.4 Å². The molecule has 4 aromatic rings. The molecule has 0 aliphatic rings. The van der Waals surface area contributed by atoms with E-state index in [9.17, 15) is 18.4 Å². The SMILES string of the molecule is CN(Cc1cc(C#N)ccc1F)C(=O)OCc1ccccc1.N#Cc1ccc(F)c(CNC(=O)OCc2ccccc2)c1. The Labute approximate surface area is 248 Å². The van der Waals surface area contributed by atoms with Crippen LogP contribution in [0.2, 0.25) is 0 Å². The van der Waals surface area contributed by atoms with Crippen molar-refractivity contribution < 1.29 is 27.8 Å². The summed E-state index contributed by atoms with van der Waals surface area (Å²) in [6.07, 6.45) is -1.19. The van der Waals surface area contributed by atoms with Crippen LogP contribution in [0.4, 0.5) is 18.4 Å². The summed E-state index contributed by atoms with van der Waals surface area (Å²) in [4.78, 5) is 24.7. The van der Waals surface area contributed by atoms with Gasteiger partial charge in [-0.3, -0.25) is 0 Å². The third-order valence-electron chi connectivity index (χ3n) is 5.91. The number of halogens is 2. The van der Waals surface area contributed by atoms with Crippen LogP contribution in [0.25, 0.3) is 0 Å². The van der Waals surface area contributed by atoms with Gasteiger partial charge in [-0.15, -0.1) is 0 Å². The van der Waals surface area contributed by atoms with Gasteiger partial charge in [0.2, 0.25) is 0 Å². The number of ether oxygens (including phenoxy) is 2. The lowest BCUT2D eigenvalue weighted by atomic mass is 10.1. The maximum Gasteiger partial charge on any atom is 0.410 e. The molecular weight excluding hydrogens is 554 g/mol. The lowest BCUT2D eigenvalue weighted by Crippen LogP contribution is -2.27.